The quantitative estimate of drug-likeness (QED) is 0.243. The molecule has 0 saturated carbocycles. The number of alkyl halides is 3. The van der Waals surface area contributed by atoms with Gasteiger partial charge in [-0.3, -0.25) is 9.36 Å². The fourth-order valence-electron chi connectivity index (χ4n) is 4.15. The molecule has 1 aromatic heterocycles. The van der Waals surface area contributed by atoms with Gasteiger partial charge < -0.3 is 14.2 Å². The molecular weight excluding hydrogens is 684 g/mol. The summed E-state index contributed by atoms with van der Waals surface area (Å²) in [6, 6.07) is 7.93. The van der Waals surface area contributed by atoms with Crippen LogP contribution >= 0.6 is 45.5 Å². The summed E-state index contributed by atoms with van der Waals surface area (Å²) in [5, 5.41) is 0.333. The van der Waals surface area contributed by atoms with E-state index in [4.69, 9.17) is 25.8 Å². The zero-order valence-corrected chi connectivity index (χ0v) is 25.4. The average Bonchev–Trinajstić information content (AvgIpc) is 3.19. The van der Waals surface area contributed by atoms with Crippen LogP contribution in [0.1, 0.15) is 37.9 Å². The Morgan fingerprint density at radius 2 is 1.93 bits per heavy atom. The van der Waals surface area contributed by atoms with Gasteiger partial charge in [0.05, 0.1) is 36.0 Å². The smallest absolute Gasteiger partial charge is 0.434 e. The van der Waals surface area contributed by atoms with Crippen LogP contribution < -0.4 is 24.4 Å². The molecular formula is C27H23ClF3IN2O5S. The number of ether oxygens (including phenoxy) is 3. The van der Waals surface area contributed by atoms with Gasteiger partial charge in [-0.15, -0.1) is 0 Å². The first kappa shape index (κ1) is 30.1. The van der Waals surface area contributed by atoms with E-state index in [1.165, 1.54) is 44.4 Å². The Hall–Kier alpha value is -2.84. The number of thiazole rings is 1. The van der Waals surface area contributed by atoms with Crippen molar-refractivity contribution in [3.05, 3.63) is 87.1 Å². The van der Waals surface area contributed by atoms with Gasteiger partial charge in [-0.1, -0.05) is 35.1 Å². The van der Waals surface area contributed by atoms with Crippen molar-refractivity contribution in [2.45, 2.75) is 39.1 Å². The summed E-state index contributed by atoms with van der Waals surface area (Å²) in [4.78, 5) is 30.4. The van der Waals surface area contributed by atoms with Gasteiger partial charge in [0.1, 0.15) is 0 Å². The molecule has 0 bridgehead atoms. The van der Waals surface area contributed by atoms with E-state index in [-0.39, 0.29) is 27.6 Å². The third-order valence-electron chi connectivity index (χ3n) is 5.69. The lowest BCUT2D eigenvalue weighted by atomic mass is 9.95. The van der Waals surface area contributed by atoms with Crippen molar-refractivity contribution in [3.8, 4) is 11.5 Å². The number of carbonyl (C=O) groups excluding carboxylic acids is 1. The summed E-state index contributed by atoms with van der Waals surface area (Å²) in [6.07, 6.45) is -3.70. The molecule has 0 amide bonds. The van der Waals surface area contributed by atoms with Gasteiger partial charge in [-0.05, 0) is 79.3 Å². The summed E-state index contributed by atoms with van der Waals surface area (Å²) < 4.78 is 61.3. The van der Waals surface area contributed by atoms with E-state index < -0.39 is 35.0 Å². The molecule has 1 atom stereocenters. The van der Waals surface area contributed by atoms with Gasteiger partial charge in [0, 0.05) is 14.2 Å². The number of aromatic nitrogens is 1. The van der Waals surface area contributed by atoms with Gasteiger partial charge in [0.15, 0.2) is 22.0 Å². The third-order valence-corrected chi connectivity index (χ3v) is 7.55. The maximum atomic E-state index is 14.3. The zero-order chi connectivity index (χ0) is 29.4. The SMILES string of the molecule is CCOC(=O)C1=C(C(F)(F)F)N=c2s/c(=C\c3cc(I)cc(OC)c3OC(C)C)c(=O)n2[C@H]1c1ccc(Cl)cc1. The van der Waals surface area contributed by atoms with E-state index in [2.05, 4.69) is 27.6 Å². The Kier molecular flexibility index (Phi) is 9.00. The van der Waals surface area contributed by atoms with Crippen LogP contribution in [-0.4, -0.2) is 36.5 Å². The highest BCUT2D eigenvalue weighted by molar-refractivity contribution is 14.1. The van der Waals surface area contributed by atoms with Crippen molar-refractivity contribution < 1.29 is 32.2 Å². The normalized spacial score (nSPS) is 15.7. The number of rotatable bonds is 7. The predicted octanol–water partition coefficient (Wildman–Crippen LogP) is 5.39. The molecule has 0 fully saturated rings. The molecule has 40 heavy (non-hydrogen) atoms. The molecule has 1 aliphatic heterocycles. The summed E-state index contributed by atoms with van der Waals surface area (Å²) in [7, 11) is 1.48. The lowest BCUT2D eigenvalue weighted by molar-refractivity contribution is -0.140. The van der Waals surface area contributed by atoms with Crippen LogP contribution in [0.2, 0.25) is 5.02 Å². The predicted molar refractivity (Wildman–Crippen MR) is 154 cm³/mol. The van der Waals surface area contributed by atoms with Gasteiger partial charge in [0.2, 0.25) is 0 Å². The first-order valence-electron chi connectivity index (χ1n) is 12.0. The number of benzene rings is 2. The third kappa shape index (κ3) is 6.08. The van der Waals surface area contributed by atoms with Crippen molar-refractivity contribution in [1.82, 2.24) is 4.57 Å². The second kappa shape index (κ2) is 12.0. The molecule has 2 aromatic carbocycles. The molecule has 4 rings (SSSR count). The lowest BCUT2D eigenvalue weighted by Crippen LogP contribution is -2.41. The van der Waals surface area contributed by atoms with Crippen LogP contribution in [0.3, 0.4) is 0 Å². The van der Waals surface area contributed by atoms with E-state index in [9.17, 15) is 22.8 Å². The maximum Gasteiger partial charge on any atom is 0.434 e. The van der Waals surface area contributed by atoms with Crippen LogP contribution in [0.25, 0.3) is 6.08 Å². The highest BCUT2D eigenvalue weighted by Crippen LogP contribution is 2.39. The van der Waals surface area contributed by atoms with Crippen molar-refractivity contribution in [2.75, 3.05) is 13.7 Å². The van der Waals surface area contributed by atoms with E-state index in [1.54, 1.807) is 12.1 Å². The number of halogens is 5. The van der Waals surface area contributed by atoms with E-state index in [0.717, 1.165) is 19.5 Å². The zero-order valence-electron chi connectivity index (χ0n) is 21.6. The summed E-state index contributed by atoms with van der Waals surface area (Å²) in [6.45, 7) is 4.97. The Balaban J connectivity index is 2.06. The van der Waals surface area contributed by atoms with Crippen molar-refractivity contribution in [2.24, 2.45) is 4.99 Å². The topological polar surface area (TPSA) is 79.1 Å². The highest BCUT2D eigenvalue weighted by atomic mass is 127. The first-order valence-corrected chi connectivity index (χ1v) is 14.2. The molecule has 13 heteroatoms. The summed E-state index contributed by atoms with van der Waals surface area (Å²) in [5.74, 6) is -0.411. The minimum absolute atomic E-state index is 0.0852. The van der Waals surface area contributed by atoms with Gasteiger partial charge in [-0.25, -0.2) is 9.79 Å². The fraction of sp³-hybridized carbons (Fsp3) is 0.296. The number of carbonyl (C=O) groups is 1. The number of methoxy groups -OCH3 is 1. The largest absolute Gasteiger partial charge is 0.493 e. The van der Waals surface area contributed by atoms with Crippen LogP contribution in [0, 0.1) is 3.57 Å². The number of esters is 1. The van der Waals surface area contributed by atoms with Gasteiger partial charge in [-0.2, -0.15) is 13.2 Å². The van der Waals surface area contributed by atoms with Gasteiger partial charge >= 0.3 is 12.1 Å². The molecule has 2 heterocycles. The number of nitrogens with zero attached hydrogens (tertiary/aromatic N) is 2. The van der Waals surface area contributed by atoms with E-state index >= 15 is 0 Å². The second-order valence-corrected chi connectivity index (χ2v) is 11.5. The van der Waals surface area contributed by atoms with Crippen molar-refractivity contribution in [3.63, 3.8) is 0 Å². The number of hydrogen-bond donors (Lipinski definition) is 0. The van der Waals surface area contributed by atoms with Crippen LogP contribution in [0.5, 0.6) is 11.5 Å². The van der Waals surface area contributed by atoms with E-state index in [0.29, 0.717) is 22.1 Å². The second-order valence-electron chi connectivity index (χ2n) is 8.81. The molecule has 0 aliphatic carbocycles. The van der Waals surface area contributed by atoms with Crippen LogP contribution in [-0.2, 0) is 9.53 Å². The highest BCUT2D eigenvalue weighted by Gasteiger charge is 2.45. The minimum atomic E-state index is -5.00. The fourth-order valence-corrected chi connectivity index (χ4v) is 5.89. The Labute approximate surface area is 249 Å². The van der Waals surface area contributed by atoms with E-state index in [1.807, 2.05) is 13.8 Å². The Morgan fingerprint density at radius 3 is 2.50 bits per heavy atom. The molecule has 0 radical (unpaired) electrons. The van der Waals surface area contributed by atoms with Gasteiger partial charge in [0.25, 0.3) is 5.56 Å². The Morgan fingerprint density at radius 1 is 1.25 bits per heavy atom. The molecule has 0 spiro atoms. The average molecular weight is 707 g/mol. The van der Waals surface area contributed by atoms with Crippen LogP contribution in [0.15, 0.2) is 57.5 Å². The Bertz CT molecular complexity index is 1660. The molecule has 0 unspecified atom stereocenters. The molecule has 0 saturated heterocycles. The minimum Gasteiger partial charge on any atom is -0.493 e. The standard InChI is InChI=1S/C27H23ClF3IN2O5S/c1-5-38-25(36)20-21(14-6-8-16(28)9-7-14)34-24(35)19(40-26(34)33-23(20)27(29,30)31)11-15-10-17(32)12-18(37-4)22(15)39-13(2)3/h6-13,21H,5H2,1-4H3/b19-11-/t21-/m0/s1. The molecule has 3 aromatic rings. The maximum absolute atomic E-state index is 14.3. The van der Waals surface area contributed by atoms with Crippen LogP contribution in [0.4, 0.5) is 13.2 Å². The van der Waals surface area contributed by atoms with Crippen molar-refractivity contribution in [1.29, 1.82) is 0 Å². The number of hydrogen-bond acceptors (Lipinski definition) is 7. The monoisotopic (exact) mass is 706 g/mol. The molecule has 212 valence electrons. The molecule has 1 aliphatic rings. The first-order chi connectivity index (χ1) is 18.8. The number of allylic oxidation sites excluding steroid dienone is 1. The lowest BCUT2D eigenvalue weighted by Gasteiger charge is -2.26. The number of fused-ring (bicyclic) bond motifs is 1. The van der Waals surface area contributed by atoms with Crippen molar-refractivity contribution >= 4 is 57.6 Å². The molecule has 0 N–H and O–H groups in total. The molecule has 7 nitrogen and oxygen atoms in total. The summed E-state index contributed by atoms with van der Waals surface area (Å²) in [5.41, 5.74) is -2.11. The summed E-state index contributed by atoms with van der Waals surface area (Å²) >= 11 is 8.88.